The van der Waals surface area contributed by atoms with Gasteiger partial charge in [-0.25, -0.2) is 0 Å². The summed E-state index contributed by atoms with van der Waals surface area (Å²) in [5.41, 5.74) is 1.99. The SMILES string of the molecule is CCCCC(CC)C[Si]1(CC(CC)CCCC)c2cc(C)sc2-c2sc(-c3sc(-c4ccc(-c5sc(C)c6c5C(=O)N(C)C6=O)s4)c4c3C(=O)N(C)C4=O)cc21. The smallest absolute Gasteiger partial charge is 0.262 e. The minimum Gasteiger partial charge on any atom is -0.277 e. The molecule has 0 bridgehead atoms. The molecule has 6 nitrogen and oxygen atoms in total. The van der Waals surface area contributed by atoms with Crippen LogP contribution in [0.5, 0.6) is 0 Å². The number of rotatable bonds is 15. The van der Waals surface area contributed by atoms with Crippen molar-refractivity contribution >= 4 is 98.8 Å². The molecule has 5 aromatic heterocycles. The number of amides is 4. The molecule has 0 spiro atoms. The first-order valence-corrected chi connectivity index (χ1v) is 26.7. The highest BCUT2D eigenvalue weighted by molar-refractivity contribution is 7.33. The van der Waals surface area contributed by atoms with Crippen molar-refractivity contribution < 1.29 is 19.2 Å². The van der Waals surface area contributed by atoms with Gasteiger partial charge in [0.2, 0.25) is 0 Å². The van der Waals surface area contributed by atoms with E-state index in [0.717, 1.165) is 34.1 Å². The lowest BCUT2D eigenvalue weighted by molar-refractivity contribution is 0.0678. The second-order valence-corrected chi connectivity index (χ2v) is 25.7. The van der Waals surface area contributed by atoms with Crippen LogP contribution in [-0.4, -0.2) is 55.6 Å². The molecule has 8 heterocycles. The number of unbranched alkanes of at least 4 members (excludes halogenated alkanes) is 2. The summed E-state index contributed by atoms with van der Waals surface area (Å²) in [5.74, 6) is 0.342. The molecule has 5 aromatic rings. The normalized spacial score (nSPS) is 18.4. The largest absolute Gasteiger partial charge is 0.277 e. The second kappa shape index (κ2) is 15.3. The van der Waals surface area contributed by atoms with E-state index in [1.54, 1.807) is 28.8 Å². The molecule has 0 saturated heterocycles. The average Bonchev–Trinajstić information content (AvgIpc) is 4.06. The zero-order valence-corrected chi connectivity index (χ0v) is 38.7. The molecule has 2 unspecified atom stereocenters. The van der Waals surface area contributed by atoms with E-state index < -0.39 is 8.07 Å². The third-order valence-corrected chi connectivity index (χ3v) is 24.6. The van der Waals surface area contributed by atoms with E-state index >= 15 is 0 Å². The van der Waals surface area contributed by atoms with Gasteiger partial charge in [-0.05, 0) is 72.4 Å². The summed E-state index contributed by atoms with van der Waals surface area (Å²) >= 11 is 8.34. The van der Waals surface area contributed by atoms with Gasteiger partial charge in [0.15, 0.2) is 0 Å². The Balaban J connectivity index is 1.27. The first-order chi connectivity index (χ1) is 26.9. The molecule has 294 valence electrons. The van der Waals surface area contributed by atoms with Crippen LogP contribution in [0.1, 0.15) is 130 Å². The molecule has 4 amide bonds. The van der Waals surface area contributed by atoms with Crippen LogP contribution in [0.3, 0.4) is 0 Å². The molecule has 0 aliphatic carbocycles. The van der Waals surface area contributed by atoms with Gasteiger partial charge in [0, 0.05) is 48.2 Å². The molecule has 0 fully saturated rings. The quantitative estimate of drug-likeness (QED) is 0.0776. The number of thiophene rings is 5. The molecule has 12 heteroatoms. The van der Waals surface area contributed by atoms with Crippen molar-refractivity contribution in [1.29, 1.82) is 0 Å². The molecular weight excluding hydrogens is 809 g/mol. The lowest BCUT2D eigenvalue weighted by Crippen LogP contribution is -2.56. The number of hydrogen-bond donors (Lipinski definition) is 0. The van der Waals surface area contributed by atoms with E-state index in [1.165, 1.54) is 118 Å². The van der Waals surface area contributed by atoms with E-state index in [9.17, 15) is 19.2 Å². The highest BCUT2D eigenvalue weighted by Crippen LogP contribution is 2.54. The fourth-order valence-electron chi connectivity index (χ4n) is 9.41. The highest BCUT2D eigenvalue weighted by Gasteiger charge is 2.50. The minimum absolute atomic E-state index is 0.237. The number of carbonyl (C=O) groups is 4. The fraction of sp³-hybridized carbons (Fsp3) is 0.455. The zero-order chi connectivity index (χ0) is 39.8. The van der Waals surface area contributed by atoms with Gasteiger partial charge < -0.3 is 0 Å². The molecule has 56 heavy (non-hydrogen) atoms. The highest BCUT2D eigenvalue weighted by atomic mass is 32.1. The van der Waals surface area contributed by atoms with Gasteiger partial charge in [-0.3, -0.25) is 29.0 Å². The lowest BCUT2D eigenvalue weighted by atomic mass is 10.0. The Morgan fingerprint density at radius 1 is 0.554 bits per heavy atom. The third kappa shape index (κ3) is 6.15. The molecule has 0 radical (unpaired) electrons. The van der Waals surface area contributed by atoms with Gasteiger partial charge in [-0.15, -0.1) is 56.7 Å². The Morgan fingerprint density at radius 3 is 1.55 bits per heavy atom. The third-order valence-electron chi connectivity index (χ3n) is 12.5. The Morgan fingerprint density at radius 2 is 1.02 bits per heavy atom. The number of aryl methyl sites for hydroxylation is 2. The van der Waals surface area contributed by atoms with Crippen LogP contribution < -0.4 is 10.4 Å². The monoisotopic (exact) mass is 858 g/mol. The van der Waals surface area contributed by atoms with E-state index in [0.29, 0.717) is 34.1 Å². The summed E-state index contributed by atoms with van der Waals surface area (Å²) in [4.78, 5) is 67.0. The van der Waals surface area contributed by atoms with Gasteiger partial charge in [0.1, 0.15) is 8.07 Å². The van der Waals surface area contributed by atoms with Crippen LogP contribution in [0, 0.1) is 25.7 Å². The van der Waals surface area contributed by atoms with Crippen molar-refractivity contribution in [1.82, 2.24) is 9.80 Å². The molecule has 2 atom stereocenters. The van der Waals surface area contributed by atoms with E-state index in [1.807, 2.05) is 41.7 Å². The molecular formula is C44H50N2O4S5Si. The van der Waals surface area contributed by atoms with Crippen molar-refractivity contribution in [3.8, 4) is 39.0 Å². The van der Waals surface area contributed by atoms with Crippen molar-refractivity contribution in [3.05, 3.63) is 56.3 Å². The summed E-state index contributed by atoms with van der Waals surface area (Å²) in [6, 6.07) is 11.6. The summed E-state index contributed by atoms with van der Waals surface area (Å²) < 4.78 is 0. The van der Waals surface area contributed by atoms with Gasteiger partial charge in [0.05, 0.1) is 36.9 Å². The number of fused-ring (bicyclic) bond motifs is 5. The number of nitrogens with zero attached hydrogens (tertiary/aromatic N) is 2. The lowest BCUT2D eigenvalue weighted by Gasteiger charge is -2.35. The number of imide groups is 2. The number of carbonyl (C=O) groups excluding carboxylic acids is 4. The summed E-state index contributed by atoms with van der Waals surface area (Å²) in [6.07, 6.45) is 9.94. The second-order valence-electron chi connectivity index (χ2n) is 16.0. The molecule has 3 aliphatic rings. The van der Waals surface area contributed by atoms with Crippen LogP contribution in [0.15, 0.2) is 24.3 Å². The molecule has 8 rings (SSSR count). The Kier molecular flexibility index (Phi) is 10.9. The maximum Gasteiger partial charge on any atom is 0.262 e. The fourth-order valence-corrected chi connectivity index (χ4v) is 23.5. The molecule has 0 aromatic carbocycles. The van der Waals surface area contributed by atoms with E-state index in [2.05, 4.69) is 46.8 Å². The maximum absolute atomic E-state index is 14.0. The first-order valence-electron chi connectivity index (χ1n) is 20.2. The summed E-state index contributed by atoms with van der Waals surface area (Å²) in [5, 5.41) is 3.23. The average molecular weight is 859 g/mol. The Labute approximate surface area is 351 Å². The van der Waals surface area contributed by atoms with Crippen LogP contribution in [-0.2, 0) is 0 Å². The molecule has 3 aliphatic heterocycles. The summed E-state index contributed by atoms with van der Waals surface area (Å²) in [7, 11) is 0.920. The van der Waals surface area contributed by atoms with Crippen LogP contribution >= 0.6 is 56.7 Å². The number of hydrogen-bond acceptors (Lipinski definition) is 9. The van der Waals surface area contributed by atoms with Crippen LogP contribution in [0.4, 0.5) is 0 Å². The van der Waals surface area contributed by atoms with E-state index in [4.69, 9.17) is 0 Å². The van der Waals surface area contributed by atoms with E-state index in [-0.39, 0.29) is 23.6 Å². The summed E-state index contributed by atoms with van der Waals surface area (Å²) in [6.45, 7) is 13.6. The van der Waals surface area contributed by atoms with Crippen LogP contribution in [0.25, 0.3) is 39.0 Å². The Bertz CT molecular complexity index is 2390. The van der Waals surface area contributed by atoms with Gasteiger partial charge in [-0.1, -0.05) is 79.1 Å². The van der Waals surface area contributed by atoms with Crippen molar-refractivity contribution in [3.63, 3.8) is 0 Å². The van der Waals surface area contributed by atoms with Crippen LogP contribution in [0.2, 0.25) is 12.1 Å². The van der Waals surface area contributed by atoms with Crippen molar-refractivity contribution in [2.75, 3.05) is 14.1 Å². The predicted octanol–water partition coefficient (Wildman–Crippen LogP) is 12.0. The van der Waals surface area contributed by atoms with Gasteiger partial charge in [-0.2, -0.15) is 0 Å². The van der Waals surface area contributed by atoms with Gasteiger partial charge in [0.25, 0.3) is 23.6 Å². The Hall–Kier alpha value is -3.00. The van der Waals surface area contributed by atoms with Crippen molar-refractivity contribution in [2.24, 2.45) is 11.8 Å². The molecule has 0 saturated carbocycles. The minimum atomic E-state index is -2.20. The first kappa shape index (κ1) is 39.8. The maximum atomic E-state index is 14.0. The molecule has 0 N–H and O–H groups in total. The standard InChI is InChI=1S/C44H50N2O4S5Si/c1-9-13-15-25(11-3)21-56(22-26(12-4)16-14-10-2)30-19-23(5)51-39(30)40-31(56)20-29(54-40)38-35-34(43(49)46(8)44(35)50)37(55-38)28-18-17-27(53-28)36-33-32(24(6)52-36)41(47)45(7)42(33)48/h17-20,25-26H,9-16,21-22H2,1-8H3. The van der Waals surface area contributed by atoms with Crippen molar-refractivity contribution in [2.45, 2.75) is 105 Å². The van der Waals surface area contributed by atoms with Gasteiger partial charge >= 0.3 is 0 Å². The zero-order valence-electron chi connectivity index (χ0n) is 33.6. The topological polar surface area (TPSA) is 74.8 Å². The predicted molar refractivity (Wildman–Crippen MR) is 241 cm³/mol.